The van der Waals surface area contributed by atoms with Crippen molar-refractivity contribution >= 4 is 11.8 Å². The minimum absolute atomic E-state index is 0.0859. The maximum Gasteiger partial charge on any atom is 0.417 e. The Morgan fingerprint density at radius 3 is 2.38 bits per heavy atom. The van der Waals surface area contributed by atoms with E-state index in [9.17, 15) is 32.0 Å². The van der Waals surface area contributed by atoms with Crippen molar-refractivity contribution in [2.45, 2.75) is 31.0 Å². The molecular formula is C27H19F5N2O2S. The predicted molar refractivity (Wildman–Crippen MR) is 130 cm³/mol. The van der Waals surface area contributed by atoms with Crippen molar-refractivity contribution in [1.29, 1.82) is 5.26 Å². The largest absolute Gasteiger partial charge is 0.455 e. The molecule has 0 unspecified atom stereocenters. The molecule has 0 spiro atoms. The third-order valence-electron chi connectivity index (χ3n) is 5.81. The first-order chi connectivity index (χ1) is 17.5. The number of furan rings is 1. The van der Waals surface area contributed by atoms with Crippen LogP contribution in [0.25, 0.3) is 22.8 Å². The van der Waals surface area contributed by atoms with Crippen molar-refractivity contribution in [1.82, 2.24) is 4.57 Å². The lowest BCUT2D eigenvalue weighted by atomic mass is 10.1. The zero-order chi connectivity index (χ0) is 26.9. The van der Waals surface area contributed by atoms with Crippen molar-refractivity contribution in [3.05, 3.63) is 98.8 Å². The van der Waals surface area contributed by atoms with Crippen LogP contribution in [0.15, 0.2) is 68.7 Å². The molecule has 4 rings (SSSR count). The molecule has 0 saturated heterocycles. The maximum absolute atomic E-state index is 14.4. The highest BCUT2D eigenvalue weighted by Gasteiger charge is 2.37. The van der Waals surface area contributed by atoms with Crippen molar-refractivity contribution in [2.24, 2.45) is 0 Å². The van der Waals surface area contributed by atoms with E-state index in [0.29, 0.717) is 23.5 Å². The summed E-state index contributed by atoms with van der Waals surface area (Å²) in [5.74, 6) is -1.58. The highest BCUT2D eigenvalue weighted by Crippen LogP contribution is 2.36. The van der Waals surface area contributed by atoms with E-state index in [4.69, 9.17) is 4.42 Å². The van der Waals surface area contributed by atoms with Gasteiger partial charge < -0.3 is 4.42 Å². The van der Waals surface area contributed by atoms with Gasteiger partial charge in [0, 0.05) is 22.1 Å². The van der Waals surface area contributed by atoms with Crippen LogP contribution in [0.1, 0.15) is 29.2 Å². The number of alkyl halides is 3. The zero-order valence-corrected chi connectivity index (χ0v) is 20.4. The van der Waals surface area contributed by atoms with Crippen LogP contribution < -0.4 is 5.56 Å². The van der Waals surface area contributed by atoms with Gasteiger partial charge in [0.15, 0.2) is 5.76 Å². The normalized spacial score (nSPS) is 11.5. The fourth-order valence-electron chi connectivity index (χ4n) is 3.92. The first kappa shape index (κ1) is 26.2. The fourth-order valence-corrected chi connectivity index (χ4v) is 4.43. The Hall–Kier alpha value is -3.84. The summed E-state index contributed by atoms with van der Waals surface area (Å²) in [6, 6.07) is 13.4. The van der Waals surface area contributed by atoms with Gasteiger partial charge in [0.1, 0.15) is 29.0 Å². The van der Waals surface area contributed by atoms with Gasteiger partial charge >= 0.3 is 6.18 Å². The molecule has 0 fully saturated rings. The van der Waals surface area contributed by atoms with Crippen LogP contribution >= 0.6 is 11.8 Å². The van der Waals surface area contributed by atoms with Crippen molar-refractivity contribution in [2.75, 3.05) is 6.26 Å². The molecule has 0 radical (unpaired) electrons. The van der Waals surface area contributed by atoms with E-state index in [1.165, 1.54) is 23.9 Å². The quantitative estimate of drug-likeness (QED) is 0.194. The molecule has 37 heavy (non-hydrogen) atoms. The van der Waals surface area contributed by atoms with Crippen LogP contribution in [0.3, 0.4) is 0 Å². The zero-order valence-electron chi connectivity index (χ0n) is 19.6. The van der Waals surface area contributed by atoms with Crippen LogP contribution in [-0.4, -0.2) is 10.8 Å². The summed E-state index contributed by atoms with van der Waals surface area (Å²) in [5, 5.41) is 9.34. The van der Waals surface area contributed by atoms with Gasteiger partial charge in [-0.05, 0) is 60.7 Å². The number of pyridine rings is 1. The minimum Gasteiger partial charge on any atom is -0.455 e. The molecule has 0 aliphatic rings. The second kappa shape index (κ2) is 10.3. The fraction of sp³-hybridized carbons (Fsp3) is 0.185. The lowest BCUT2D eigenvalue weighted by molar-refractivity contribution is -0.137. The number of halogens is 5. The lowest BCUT2D eigenvalue weighted by Gasteiger charge is -2.16. The van der Waals surface area contributed by atoms with E-state index in [-0.39, 0.29) is 17.0 Å². The van der Waals surface area contributed by atoms with E-state index in [2.05, 4.69) is 0 Å². The van der Waals surface area contributed by atoms with Crippen LogP contribution in [0.2, 0.25) is 0 Å². The first-order valence-electron chi connectivity index (χ1n) is 11.0. The van der Waals surface area contributed by atoms with Gasteiger partial charge in [-0.3, -0.25) is 9.36 Å². The second-order valence-electron chi connectivity index (χ2n) is 8.14. The van der Waals surface area contributed by atoms with Crippen molar-refractivity contribution in [3.63, 3.8) is 0 Å². The Balaban J connectivity index is 1.93. The number of benzene rings is 2. The summed E-state index contributed by atoms with van der Waals surface area (Å²) in [6.07, 6.45) is -2.34. The van der Waals surface area contributed by atoms with E-state index < -0.39 is 41.0 Å². The molecule has 10 heteroatoms. The number of nitrogens with zero attached hydrogens (tertiary/aromatic N) is 2. The monoisotopic (exact) mass is 530 g/mol. The molecular weight excluding hydrogens is 511 g/mol. The van der Waals surface area contributed by atoms with Crippen LogP contribution in [0.5, 0.6) is 0 Å². The smallest absolute Gasteiger partial charge is 0.417 e. The number of hydrogen-bond acceptors (Lipinski definition) is 4. The Kier molecular flexibility index (Phi) is 7.28. The van der Waals surface area contributed by atoms with Gasteiger partial charge in [-0.15, -0.1) is 11.8 Å². The van der Waals surface area contributed by atoms with E-state index in [1.807, 2.05) is 31.4 Å². The Labute approximate surface area is 213 Å². The molecule has 2 heterocycles. The molecule has 2 aromatic heterocycles. The van der Waals surface area contributed by atoms with Gasteiger partial charge in [0.25, 0.3) is 5.56 Å². The minimum atomic E-state index is -5.00. The Morgan fingerprint density at radius 2 is 1.76 bits per heavy atom. The van der Waals surface area contributed by atoms with Gasteiger partial charge in [-0.25, -0.2) is 8.78 Å². The number of aryl methyl sites for hydroxylation is 1. The average molecular weight is 531 g/mol. The number of thioether (sulfide) groups is 1. The molecule has 4 aromatic rings. The molecule has 0 aliphatic carbocycles. The first-order valence-corrected chi connectivity index (χ1v) is 12.3. The summed E-state index contributed by atoms with van der Waals surface area (Å²) in [5.41, 5.74) is -2.57. The third-order valence-corrected chi connectivity index (χ3v) is 6.52. The lowest BCUT2D eigenvalue weighted by Crippen LogP contribution is -2.29. The van der Waals surface area contributed by atoms with E-state index >= 15 is 0 Å². The van der Waals surface area contributed by atoms with Gasteiger partial charge in [0.2, 0.25) is 0 Å². The van der Waals surface area contributed by atoms with Crippen LogP contribution in [-0.2, 0) is 19.1 Å². The number of rotatable bonds is 6. The second-order valence-corrected chi connectivity index (χ2v) is 9.02. The molecule has 0 saturated carbocycles. The number of aromatic nitrogens is 1. The SMILES string of the molecule is CCc1cc(SC)cc(-c2ccc(-c3cc(C(F)(F)F)c(C#N)c(=O)n3Cc3ccc(F)cc3F)o2)c1. The summed E-state index contributed by atoms with van der Waals surface area (Å²) >= 11 is 1.52. The molecule has 4 nitrogen and oxygen atoms in total. The summed E-state index contributed by atoms with van der Waals surface area (Å²) in [7, 11) is 0. The van der Waals surface area contributed by atoms with Gasteiger partial charge in [-0.1, -0.05) is 13.0 Å². The average Bonchev–Trinajstić information content (AvgIpc) is 3.35. The Morgan fingerprint density at radius 1 is 1.03 bits per heavy atom. The molecule has 2 aromatic carbocycles. The van der Waals surface area contributed by atoms with Crippen molar-refractivity contribution in [3.8, 4) is 28.8 Å². The summed E-state index contributed by atoms with van der Waals surface area (Å²) in [6.45, 7) is 1.44. The van der Waals surface area contributed by atoms with E-state index in [1.54, 1.807) is 6.07 Å². The molecule has 0 N–H and O–H groups in total. The molecule has 0 aliphatic heterocycles. The van der Waals surface area contributed by atoms with Crippen LogP contribution in [0.4, 0.5) is 22.0 Å². The predicted octanol–water partition coefficient (Wildman–Crippen LogP) is 7.28. The van der Waals surface area contributed by atoms with Crippen molar-refractivity contribution < 1.29 is 26.4 Å². The Bertz CT molecular complexity index is 1560. The highest BCUT2D eigenvalue weighted by molar-refractivity contribution is 7.98. The van der Waals surface area contributed by atoms with E-state index in [0.717, 1.165) is 33.6 Å². The van der Waals surface area contributed by atoms with Crippen LogP contribution in [0, 0.1) is 23.0 Å². The number of nitriles is 1. The molecule has 0 amide bonds. The highest BCUT2D eigenvalue weighted by atomic mass is 32.2. The number of hydrogen-bond donors (Lipinski definition) is 0. The third kappa shape index (κ3) is 5.32. The molecule has 0 bridgehead atoms. The molecule has 190 valence electrons. The standard InChI is InChI=1S/C27H19F5N2O2S/c1-3-15-8-17(10-19(9-15)37-2)24-6-7-25(36-24)23-12-21(27(30,31)32)20(13-33)26(35)34(23)14-16-4-5-18(28)11-22(16)29/h4-12H,3,14H2,1-2H3. The summed E-state index contributed by atoms with van der Waals surface area (Å²) < 4.78 is 75.9. The summed E-state index contributed by atoms with van der Waals surface area (Å²) in [4.78, 5) is 14.1. The van der Waals surface area contributed by atoms with Gasteiger partial charge in [-0.2, -0.15) is 18.4 Å². The molecule has 0 atom stereocenters. The topological polar surface area (TPSA) is 58.9 Å². The van der Waals surface area contributed by atoms with Gasteiger partial charge in [0.05, 0.1) is 17.8 Å². The maximum atomic E-state index is 14.4.